The molecule has 0 radical (unpaired) electrons. The van der Waals surface area contributed by atoms with Gasteiger partial charge in [0.2, 0.25) is 5.91 Å². The van der Waals surface area contributed by atoms with Crippen molar-refractivity contribution in [3.05, 3.63) is 17.5 Å². The van der Waals surface area contributed by atoms with Crippen LogP contribution < -0.4 is 0 Å². The second kappa shape index (κ2) is 7.46. The fraction of sp³-hybridized carbons (Fsp3) is 0.789. The molecule has 3 rings (SSSR count). The zero-order valence-electron chi connectivity index (χ0n) is 15.9. The number of nitrogens with zero attached hydrogens (tertiary/aromatic N) is 4. The van der Waals surface area contributed by atoms with E-state index in [1.54, 1.807) is 6.92 Å². The maximum absolute atomic E-state index is 11.8. The normalized spacial score (nSPS) is 24.0. The highest BCUT2D eigenvalue weighted by molar-refractivity contribution is 5.73. The number of hydrogen-bond donors (Lipinski definition) is 1. The Labute approximate surface area is 150 Å². The van der Waals surface area contributed by atoms with Gasteiger partial charge in [0.25, 0.3) is 0 Å². The van der Waals surface area contributed by atoms with E-state index in [0.717, 1.165) is 58.4 Å². The molecule has 1 N–H and O–H groups in total. The van der Waals surface area contributed by atoms with E-state index in [1.807, 2.05) is 11.1 Å². The molecule has 0 aliphatic carbocycles. The molecule has 6 heteroatoms. The molecule has 1 atom stereocenters. The Balaban J connectivity index is 1.59. The lowest BCUT2D eigenvalue weighted by Gasteiger charge is -2.49. The van der Waals surface area contributed by atoms with Crippen molar-refractivity contribution < 1.29 is 9.90 Å². The van der Waals surface area contributed by atoms with Gasteiger partial charge in [-0.3, -0.25) is 14.4 Å². The van der Waals surface area contributed by atoms with Crippen molar-refractivity contribution in [2.75, 3.05) is 26.2 Å². The number of likely N-dealkylation sites (tertiary alicyclic amines) is 2. The number of β-amino-alcohol motifs (C(OH)–C–C–N with tert-alkyl or cyclic N) is 1. The molecule has 1 unspecified atom stereocenters. The van der Waals surface area contributed by atoms with Crippen LogP contribution >= 0.6 is 0 Å². The molecule has 2 saturated heterocycles. The van der Waals surface area contributed by atoms with Crippen LogP contribution in [0.5, 0.6) is 0 Å². The van der Waals surface area contributed by atoms with Gasteiger partial charge >= 0.3 is 0 Å². The summed E-state index contributed by atoms with van der Waals surface area (Å²) in [6.07, 6.45) is 5.67. The van der Waals surface area contributed by atoms with Crippen LogP contribution in [-0.4, -0.2) is 62.9 Å². The van der Waals surface area contributed by atoms with Crippen LogP contribution in [0.1, 0.15) is 50.8 Å². The summed E-state index contributed by atoms with van der Waals surface area (Å²) in [5.74, 6) is 0.0829. The number of amides is 1. The summed E-state index contributed by atoms with van der Waals surface area (Å²) in [5, 5.41) is 14.7. The first-order valence-electron chi connectivity index (χ1n) is 9.60. The predicted molar refractivity (Wildman–Crippen MR) is 97.1 cm³/mol. The number of aryl methyl sites for hydroxylation is 1. The van der Waals surface area contributed by atoms with E-state index in [1.165, 1.54) is 11.3 Å². The molecule has 0 saturated carbocycles. The molecule has 1 aromatic rings. The van der Waals surface area contributed by atoms with Crippen molar-refractivity contribution in [3.63, 3.8) is 0 Å². The lowest BCUT2D eigenvalue weighted by atomic mass is 9.71. The third-order valence-corrected chi connectivity index (χ3v) is 6.02. The Kier molecular flexibility index (Phi) is 5.49. The Morgan fingerprint density at radius 3 is 2.76 bits per heavy atom. The average Bonchev–Trinajstić information content (AvgIpc) is 2.90. The van der Waals surface area contributed by atoms with E-state index in [-0.39, 0.29) is 17.4 Å². The highest BCUT2D eigenvalue weighted by Gasteiger charge is 2.42. The van der Waals surface area contributed by atoms with Crippen molar-refractivity contribution in [1.29, 1.82) is 0 Å². The van der Waals surface area contributed by atoms with Crippen LogP contribution in [0, 0.1) is 12.3 Å². The van der Waals surface area contributed by atoms with Gasteiger partial charge in [-0.15, -0.1) is 0 Å². The van der Waals surface area contributed by atoms with Gasteiger partial charge in [-0.1, -0.05) is 6.92 Å². The molecule has 6 nitrogen and oxygen atoms in total. The fourth-order valence-corrected chi connectivity index (χ4v) is 4.46. The fourth-order valence-electron chi connectivity index (χ4n) is 4.46. The maximum atomic E-state index is 11.8. The highest BCUT2D eigenvalue weighted by Crippen LogP contribution is 2.40. The van der Waals surface area contributed by atoms with E-state index in [4.69, 9.17) is 0 Å². The Hall–Kier alpha value is -1.40. The highest BCUT2D eigenvalue weighted by atomic mass is 16.3. The van der Waals surface area contributed by atoms with Crippen molar-refractivity contribution >= 4 is 5.91 Å². The quantitative estimate of drug-likeness (QED) is 0.901. The van der Waals surface area contributed by atoms with E-state index in [9.17, 15) is 9.90 Å². The van der Waals surface area contributed by atoms with Gasteiger partial charge in [-0.2, -0.15) is 5.10 Å². The maximum Gasteiger partial charge on any atom is 0.219 e. The van der Waals surface area contributed by atoms with Crippen molar-refractivity contribution in [3.8, 4) is 0 Å². The van der Waals surface area contributed by atoms with E-state index < -0.39 is 0 Å². The largest absolute Gasteiger partial charge is 0.391 e. The summed E-state index contributed by atoms with van der Waals surface area (Å²) in [6, 6.07) is 0. The molecule has 2 aliphatic rings. The Morgan fingerprint density at radius 1 is 1.40 bits per heavy atom. The second-order valence-corrected chi connectivity index (χ2v) is 8.01. The van der Waals surface area contributed by atoms with Crippen molar-refractivity contribution in [2.24, 2.45) is 5.41 Å². The molecule has 2 aliphatic heterocycles. The third-order valence-electron chi connectivity index (χ3n) is 6.02. The van der Waals surface area contributed by atoms with Gasteiger partial charge in [-0.05, 0) is 51.1 Å². The summed E-state index contributed by atoms with van der Waals surface area (Å²) in [7, 11) is 0. The van der Waals surface area contributed by atoms with Crippen LogP contribution in [0.2, 0.25) is 0 Å². The molecule has 0 aromatic carbocycles. The lowest BCUT2D eigenvalue weighted by Crippen LogP contribution is -2.54. The first-order valence-corrected chi connectivity index (χ1v) is 9.60. The van der Waals surface area contributed by atoms with Crippen molar-refractivity contribution in [2.45, 2.75) is 65.6 Å². The van der Waals surface area contributed by atoms with Crippen molar-refractivity contribution in [1.82, 2.24) is 19.6 Å². The standard InChI is InChI=1S/C19H32N4O2/c1-4-7-23-15(2)17(11-20-23)12-21-8-5-19(6-9-21)10-18(25)13-22(14-19)16(3)24/h11,18,25H,4-10,12-14H2,1-3H3. The number of aromatic nitrogens is 2. The van der Waals surface area contributed by atoms with Gasteiger partial charge in [0.1, 0.15) is 0 Å². The minimum atomic E-state index is -0.376. The molecule has 3 heterocycles. The second-order valence-electron chi connectivity index (χ2n) is 8.01. The topological polar surface area (TPSA) is 61.6 Å². The Morgan fingerprint density at radius 2 is 2.12 bits per heavy atom. The first-order chi connectivity index (χ1) is 11.9. The molecular weight excluding hydrogens is 316 g/mol. The zero-order valence-corrected chi connectivity index (χ0v) is 15.9. The molecule has 1 amide bonds. The van der Waals surface area contributed by atoms with Crippen LogP contribution in [-0.2, 0) is 17.9 Å². The number of hydrogen-bond acceptors (Lipinski definition) is 4. The third kappa shape index (κ3) is 4.06. The van der Waals surface area contributed by atoms with E-state index in [2.05, 4.69) is 28.5 Å². The molecule has 1 spiro atoms. The predicted octanol–water partition coefficient (Wildman–Crippen LogP) is 1.80. The summed E-state index contributed by atoms with van der Waals surface area (Å²) >= 11 is 0. The number of aliphatic hydroxyl groups is 1. The van der Waals surface area contributed by atoms with E-state index in [0.29, 0.717) is 6.54 Å². The first kappa shape index (κ1) is 18.4. The number of carbonyl (C=O) groups is 1. The minimum absolute atomic E-state index is 0.0829. The summed E-state index contributed by atoms with van der Waals surface area (Å²) in [5.41, 5.74) is 2.69. The lowest BCUT2D eigenvalue weighted by molar-refractivity contribution is -0.138. The van der Waals surface area contributed by atoms with Gasteiger partial charge in [0.15, 0.2) is 0 Å². The van der Waals surface area contributed by atoms with Gasteiger partial charge < -0.3 is 10.0 Å². The average molecular weight is 348 g/mol. The van der Waals surface area contributed by atoms with Crippen LogP contribution in [0.25, 0.3) is 0 Å². The summed E-state index contributed by atoms with van der Waals surface area (Å²) < 4.78 is 2.10. The smallest absolute Gasteiger partial charge is 0.219 e. The minimum Gasteiger partial charge on any atom is -0.391 e. The molecule has 140 valence electrons. The van der Waals surface area contributed by atoms with Crippen LogP contribution in [0.4, 0.5) is 0 Å². The van der Waals surface area contributed by atoms with Gasteiger partial charge in [0.05, 0.1) is 12.3 Å². The summed E-state index contributed by atoms with van der Waals surface area (Å²) in [4.78, 5) is 16.1. The molecule has 1 aromatic heterocycles. The molecular formula is C19H32N4O2. The SMILES string of the molecule is CCCn1ncc(CN2CCC3(CC2)CC(O)CN(C(C)=O)C3)c1C. The number of carbonyl (C=O) groups excluding carboxylic acids is 1. The number of rotatable bonds is 4. The number of piperidine rings is 2. The van der Waals surface area contributed by atoms with Gasteiger partial charge in [0, 0.05) is 44.4 Å². The van der Waals surface area contributed by atoms with Crippen LogP contribution in [0.15, 0.2) is 6.20 Å². The monoisotopic (exact) mass is 348 g/mol. The molecule has 25 heavy (non-hydrogen) atoms. The number of aliphatic hydroxyl groups excluding tert-OH is 1. The zero-order chi connectivity index (χ0) is 18.0. The molecule has 2 fully saturated rings. The van der Waals surface area contributed by atoms with Gasteiger partial charge in [-0.25, -0.2) is 0 Å². The van der Waals surface area contributed by atoms with E-state index >= 15 is 0 Å². The van der Waals surface area contributed by atoms with Crippen LogP contribution in [0.3, 0.4) is 0 Å². The Bertz CT molecular complexity index is 605. The summed E-state index contributed by atoms with van der Waals surface area (Å²) in [6.45, 7) is 11.2. The molecule has 0 bridgehead atoms.